The van der Waals surface area contributed by atoms with Gasteiger partial charge in [0.05, 0.1) is 12.7 Å². The van der Waals surface area contributed by atoms with E-state index in [4.69, 9.17) is 4.74 Å². The number of carbonyl (C=O) groups excluding carboxylic acids is 2. The van der Waals surface area contributed by atoms with Crippen molar-refractivity contribution in [3.05, 3.63) is 35.4 Å². The molecule has 3 rings (SSSR count). The van der Waals surface area contributed by atoms with Crippen LogP contribution in [0.3, 0.4) is 0 Å². The topological polar surface area (TPSA) is 67.9 Å². The van der Waals surface area contributed by atoms with Crippen LogP contribution in [0.25, 0.3) is 0 Å². The van der Waals surface area contributed by atoms with Crippen LogP contribution in [0.5, 0.6) is 0 Å². The number of nitrogens with zero attached hydrogens (tertiary/aromatic N) is 1. The van der Waals surface area contributed by atoms with Gasteiger partial charge < -0.3 is 19.7 Å². The predicted octanol–water partition coefficient (Wildman–Crippen LogP) is 1.94. The van der Waals surface area contributed by atoms with Crippen LogP contribution in [0.4, 0.5) is 4.79 Å². The molecular weight excluding hydrogens is 296 g/mol. The summed E-state index contributed by atoms with van der Waals surface area (Å²) in [5.74, 6) is -0.359. The summed E-state index contributed by atoms with van der Waals surface area (Å²) in [6, 6.07) is 7.11. The van der Waals surface area contributed by atoms with Gasteiger partial charge >= 0.3 is 12.1 Å². The fraction of sp³-hybridized carbons (Fsp3) is 0.529. The lowest BCUT2D eigenvalue weighted by Gasteiger charge is -2.43. The second kappa shape index (κ2) is 6.58. The molecule has 0 radical (unpaired) electrons. The quantitative estimate of drug-likeness (QED) is 0.863. The molecule has 2 saturated heterocycles. The van der Waals surface area contributed by atoms with Crippen molar-refractivity contribution in [3.63, 3.8) is 0 Å². The summed E-state index contributed by atoms with van der Waals surface area (Å²) in [6.07, 6.45) is 2.41. The van der Waals surface area contributed by atoms with Gasteiger partial charge in [-0.1, -0.05) is 12.1 Å². The van der Waals surface area contributed by atoms with Crippen molar-refractivity contribution in [2.75, 3.05) is 26.7 Å². The van der Waals surface area contributed by atoms with Crippen LogP contribution in [-0.2, 0) is 16.0 Å². The summed E-state index contributed by atoms with van der Waals surface area (Å²) >= 11 is 0. The molecule has 2 aliphatic heterocycles. The number of benzene rings is 1. The Kier molecular flexibility index (Phi) is 4.52. The van der Waals surface area contributed by atoms with Gasteiger partial charge in [-0.3, -0.25) is 0 Å². The Morgan fingerprint density at radius 3 is 2.57 bits per heavy atom. The molecule has 2 fully saturated rings. The first-order chi connectivity index (χ1) is 11.1. The maximum atomic E-state index is 12.3. The molecule has 1 spiro atoms. The number of nitrogens with one attached hydrogen (secondary N) is 1. The average molecular weight is 318 g/mol. The third-order valence-corrected chi connectivity index (χ3v) is 4.66. The molecule has 6 nitrogen and oxygen atoms in total. The minimum absolute atomic E-state index is 0.241. The second-order valence-corrected chi connectivity index (χ2v) is 6.16. The Labute approximate surface area is 135 Å². The van der Waals surface area contributed by atoms with E-state index < -0.39 is 0 Å². The maximum absolute atomic E-state index is 12.3. The fourth-order valence-electron chi connectivity index (χ4n) is 3.19. The van der Waals surface area contributed by atoms with E-state index in [0.717, 1.165) is 37.9 Å². The molecule has 1 aromatic rings. The highest BCUT2D eigenvalue weighted by atomic mass is 16.6. The number of methoxy groups -OCH3 is 1. The summed E-state index contributed by atoms with van der Waals surface area (Å²) in [4.78, 5) is 25.5. The Morgan fingerprint density at radius 2 is 1.96 bits per heavy atom. The Balaban J connectivity index is 1.60. The number of carbonyl (C=O) groups is 2. The average Bonchev–Trinajstić information content (AvgIpc) is 2.58. The first-order valence-corrected chi connectivity index (χ1v) is 7.98. The Bertz CT molecular complexity index is 579. The smallest absolute Gasteiger partial charge is 0.410 e. The minimum atomic E-state index is -0.359. The van der Waals surface area contributed by atoms with Crippen molar-refractivity contribution in [1.29, 1.82) is 0 Å². The van der Waals surface area contributed by atoms with Crippen molar-refractivity contribution >= 4 is 12.1 Å². The molecule has 0 unspecified atom stereocenters. The second-order valence-electron chi connectivity index (χ2n) is 6.16. The van der Waals surface area contributed by atoms with Crippen molar-refractivity contribution in [3.8, 4) is 0 Å². The number of ether oxygens (including phenoxy) is 2. The number of rotatable bonds is 3. The van der Waals surface area contributed by atoms with Crippen molar-refractivity contribution < 1.29 is 19.1 Å². The summed E-state index contributed by atoms with van der Waals surface area (Å²) in [7, 11) is 1.36. The lowest BCUT2D eigenvalue weighted by atomic mass is 9.87. The zero-order valence-corrected chi connectivity index (χ0v) is 13.3. The van der Waals surface area contributed by atoms with Crippen LogP contribution in [0.2, 0.25) is 0 Å². The molecule has 1 aromatic carbocycles. The van der Waals surface area contributed by atoms with Crippen LogP contribution in [0.1, 0.15) is 35.2 Å². The lowest BCUT2D eigenvalue weighted by Crippen LogP contribution is -2.53. The monoisotopic (exact) mass is 318 g/mol. The van der Waals surface area contributed by atoms with Crippen molar-refractivity contribution in [1.82, 2.24) is 10.2 Å². The number of amides is 1. The van der Waals surface area contributed by atoms with Crippen molar-refractivity contribution in [2.24, 2.45) is 0 Å². The molecule has 0 bridgehead atoms. The SMILES string of the molecule is COC(=O)c1ccc(CN2CCC3(CCNCC3)OC2=O)cc1. The molecule has 124 valence electrons. The van der Waals surface area contributed by atoms with E-state index in [-0.39, 0.29) is 17.7 Å². The molecule has 1 amide bonds. The van der Waals surface area contributed by atoms with Crippen LogP contribution < -0.4 is 5.32 Å². The van der Waals surface area contributed by atoms with Gasteiger partial charge in [0.15, 0.2) is 0 Å². The third kappa shape index (κ3) is 3.47. The van der Waals surface area contributed by atoms with Gasteiger partial charge in [0.2, 0.25) is 0 Å². The Morgan fingerprint density at radius 1 is 1.26 bits per heavy atom. The zero-order chi connectivity index (χ0) is 16.3. The number of hydrogen-bond donors (Lipinski definition) is 1. The minimum Gasteiger partial charge on any atom is -0.465 e. The van der Waals surface area contributed by atoms with Crippen molar-refractivity contribution in [2.45, 2.75) is 31.4 Å². The summed E-state index contributed by atoms with van der Waals surface area (Å²) in [5, 5.41) is 3.30. The molecule has 0 aliphatic carbocycles. The zero-order valence-electron chi connectivity index (χ0n) is 13.3. The van der Waals surface area contributed by atoms with Gasteiger partial charge in [-0.05, 0) is 43.6 Å². The first kappa shape index (κ1) is 15.8. The van der Waals surface area contributed by atoms with Crippen LogP contribution in [0.15, 0.2) is 24.3 Å². The van der Waals surface area contributed by atoms with Crippen LogP contribution >= 0.6 is 0 Å². The van der Waals surface area contributed by atoms with Gasteiger partial charge in [0, 0.05) is 19.5 Å². The van der Waals surface area contributed by atoms with E-state index in [1.54, 1.807) is 17.0 Å². The van der Waals surface area contributed by atoms with Gasteiger partial charge in [-0.15, -0.1) is 0 Å². The van der Waals surface area contributed by atoms with Gasteiger partial charge in [-0.2, -0.15) is 0 Å². The number of hydrogen-bond acceptors (Lipinski definition) is 5. The Hall–Kier alpha value is -2.08. The largest absolute Gasteiger partial charge is 0.465 e. The fourth-order valence-corrected chi connectivity index (χ4v) is 3.19. The van der Waals surface area contributed by atoms with E-state index >= 15 is 0 Å². The molecule has 0 saturated carbocycles. The van der Waals surface area contributed by atoms with Gasteiger partial charge in [0.1, 0.15) is 5.60 Å². The summed E-state index contributed by atoms with van der Waals surface area (Å²) in [5.41, 5.74) is 1.20. The van der Waals surface area contributed by atoms with Gasteiger partial charge in [0.25, 0.3) is 0 Å². The molecule has 2 aliphatic rings. The molecule has 23 heavy (non-hydrogen) atoms. The summed E-state index contributed by atoms with van der Waals surface area (Å²) in [6.45, 7) is 3.01. The number of esters is 1. The highest BCUT2D eigenvalue weighted by Gasteiger charge is 2.41. The molecule has 0 atom stereocenters. The number of piperidine rings is 1. The third-order valence-electron chi connectivity index (χ3n) is 4.66. The highest BCUT2D eigenvalue weighted by molar-refractivity contribution is 5.89. The molecule has 2 heterocycles. The maximum Gasteiger partial charge on any atom is 0.410 e. The molecule has 1 N–H and O–H groups in total. The predicted molar refractivity (Wildman–Crippen MR) is 84.1 cm³/mol. The van der Waals surface area contributed by atoms with Crippen LogP contribution in [0, 0.1) is 0 Å². The molecule has 0 aromatic heterocycles. The standard InChI is InChI=1S/C17H22N2O4/c1-22-15(20)14-4-2-13(3-5-14)12-19-11-8-17(23-16(19)21)6-9-18-10-7-17/h2-5,18H,6-12H2,1H3. The molecular formula is C17H22N2O4. The van der Waals surface area contributed by atoms with E-state index in [9.17, 15) is 9.59 Å². The van der Waals surface area contributed by atoms with E-state index in [2.05, 4.69) is 10.1 Å². The lowest BCUT2D eigenvalue weighted by molar-refractivity contribution is -0.0663. The first-order valence-electron chi connectivity index (χ1n) is 7.98. The highest BCUT2D eigenvalue weighted by Crippen LogP contribution is 2.32. The summed E-state index contributed by atoms with van der Waals surface area (Å²) < 4.78 is 10.4. The van der Waals surface area contributed by atoms with E-state index in [1.807, 2.05) is 12.1 Å². The molecule has 6 heteroatoms. The van der Waals surface area contributed by atoms with E-state index in [0.29, 0.717) is 18.7 Å². The van der Waals surface area contributed by atoms with Gasteiger partial charge in [-0.25, -0.2) is 9.59 Å². The van der Waals surface area contributed by atoms with Crippen LogP contribution in [-0.4, -0.2) is 49.3 Å². The normalized spacial score (nSPS) is 20.2. The van der Waals surface area contributed by atoms with E-state index in [1.165, 1.54) is 7.11 Å².